The Hall–Kier alpha value is -1.16. The van der Waals surface area contributed by atoms with Gasteiger partial charge in [0.1, 0.15) is 8.37 Å². The second kappa shape index (κ2) is 6.08. The number of nitrogens with zero attached hydrogens (tertiary/aromatic N) is 2. The van der Waals surface area contributed by atoms with Gasteiger partial charge in [0.05, 0.1) is 7.11 Å². The van der Waals surface area contributed by atoms with Crippen LogP contribution in [0.4, 0.5) is 5.69 Å². The summed E-state index contributed by atoms with van der Waals surface area (Å²) in [5.41, 5.74) is 2.33. The Labute approximate surface area is 120 Å². The third kappa shape index (κ3) is 3.69. The van der Waals surface area contributed by atoms with Crippen molar-refractivity contribution >= 4 is 20.0 Å². The van der Waals surface area contributed by atoms with Crippen LogP contribution in [-0.4, -0.2) is 48.6 Å². The molecular formula is C14H20N3O2P. The van der Waals surface area contributed by atoms with E-state index in [4.69, 9.17) is 0 Å². The van der Waals surface area contributed by atoms with E-state index in [1.165, 1.54) is 38.9 Å². The van der Waals surface area contributed by atoms with Crippen molar-refractivity contribution in [1.29, 1.82) is 0 Å². The predicted octanol–water partition coefficient (Wildman–Crippen LogP) is 2.06. The van der Waals surface area contributed by atoms with E-state index in [1.54, 1.807) is 0 Å². The molecule has 108 valence electrons. The second-order valence-corrected chi connectivity index (χ2v) is 7.02. The molecule has 3 rings (SSSR count). The van der Waals surface area contributed by atoms with Gasteiger partial charge >= 0.3 is 5.97 Å². The van der Waals surface area contributed by atoms with Gasteiger partial charge in [0.15, 0.2) is 0 Å². The molecule has 2 aliphatic rings. The lowest BCUT2D eigenvalue weighted by Gasteiger charge is -2.21. The number of carbonyl (C=O) groups excluding carboxylic acids is 1. The summed E-state index contributed by atoms with van der Waals surface area (Å²) in [6.45, 7) is 4.86. The van der Waals surface area contributed by atoms with Crippen LogP contribution in [0.25, 0.3) is 0 Å². The number of anilines is 1. The summed E-state index contributed by atoms with van der Waals surface area (Å²) in [6.07, 6.45) is 1.18. The van der Waals surface area contributed by atoms with Crippen molar-refractivity contribution in [3.8, 4) is 0 Å². The van der Waals surface area contributed by atoms with Crippen LogP contribution in [0.15, 0.2) is 24.3 Å². The highest BCUT2D eigenvalue weighted by Gasteiger charge is 2.38. The van der Waals surface area contributed by atoms with Crippen molar-refractivity contribution in [3.05, 3.63) is 29.8 Å². The van der Waals surface area contributed by atoms with Crippen molar-refractivity contribution in [2.75, 3.05) is 38.4 Å². The molecule has 0 amide bonds. The lowest BCUT2D eigenvalue weighted by molar-refractivity contribution is -0.140. The molecule has 2 fully saturated rings. The van der Waals surface area contributed by atoms with Gasteiger partial charge in [-0.1, -0.05) is 12.1 Å². The fourth-order valence-corrected chi connectivity index (χ4v) is 3.96. The molecule has 0 unspecified atom stereocenters. The quantitative estimate of drug-likeness (QED) is 0.473. The standard InChI is InChI=1S/C14H20N3O2P/c1-19-14(18)7-4-12-2-5-13(6-3-12)15-20(16-8-9-16)17-10-11-17/h2-3,5-6,15H,4,7-11H2,1H3. The molecule has 2 heterocycles. The predicted molar refractivity (Wildman–Crippen MR) is 80.5 cm³/mol. The molecular weight excluding hydrogens is 273 g/mol. The average molecular weight is 293 g/mol. The van der Waals surface area contributed by atoms with Crippen LogP contribution >= 0.6 is 8.37 Å². The van der Waals surface area contributed by atoms with Gasteiger partial charge in [-0.3, -0.25) is 14.1 Å². The largest absolute Gasteiger partial charge is 0.469 e. The lowest BCUT2D eigenvalue weighted by atomic mass is 10.1. The van der Waals surface area contributed by atoms with E-state index in [0.717, 1.165) is 12.1 Å². The number of esters is 1. The van der Waals surface area contributed by atoms with E-state index in [9.17, 15) is 4.79 Å². The number of carbonyl (C=O) groups is 1. The number of benzene rings is 1. The fourth-order valence-electron chi connectivity index (χ4n) is 2.00. The zero-order chi connectivity index (χ0) is 13.9. The summed E-state index contributed by atoms with van der Waals surface area (Å²) in [5, 5.41) is 3.63. The highest BCUT2D eigenvalue weighted by atomic mass is 31.1. The van der Waals surface area contributed by atoms with Gasteiger partial charge in [0.25, 0.3) is 0 Å². The topological polar surface area (TPSA) is 44.3 Å². The third-order valence-electron chi connectivity index (χ3n) is 3.41. The van der Waals surface area contributed by atoms with Crippen molar-refractivity contribution in [2.45, 2.75) is 12.8 Å². The molecule has 1 N–H and O–H groups in total. The SMILES string of the molecule is COC(=O)CCc1ccc(NP(N2CC2)N2CC2)cc1. The number of aryl methyl sites for hydroxylation is 1. The molecule has 5 nitrogen and oxygen atoms in total. The van der Waals surface area contributed by atoms with Crippen LogP contribution in [-0.2, 0) is 16.0 Å². The number of methoxy groups -OCH3 is 1. The molecule has 1 aromatic rings. The molecule has 1 aromatic carbocycles. The zero-order valence-electron chi connectivity index (χ0n) is 11.7. The first-order valence-electron chi connectivity index (χ1n) is 6.98. The number of hydrogen-bond acceptors (Lipinski definition) is 5. The minimum Gasteiger partial charge on any atom is -0.469 e. The summed E-state index contributed by atoms with van der Waals surface area (Å²) < 4.78 is 9.61. The molecule has 0 spiro atoms. The Morgan fingerprint density at radius 3 is 2.30 bits per heavy atom. The van der Waals surface area contributed by atoms with E-state index in [1.807, 2.05) is 0 Å². The number of nitrogens with one attached hydrogen (secondary N) is 1. The molecule has 20 heavy (non-hydrogen) atoms. The number of hydrogen-bond donors (Lipinski definition) is 1. The van der Waals surface area contributed by atoms with Gasteiger partial charge < -0.3 is 9.82 Å². The summed E-state index contributed by atoms with van der Waals surface area (Å²) in [4.78, 5) is 11.1. The molecule has 2 saturated heterocycles. The molecule has 0 aliphatic carbocycles. The smallest absolute Gasteiger partial charge is 0.305 e. The highest BCUT2D eigenvalue weighted by molar-refractivity contribution is 7.54. The first kappa shape index (κ1) is 13.8. The normalized spacial score (nSPS) is 18.1. The maximum Gasteiger partial charge on any atom is 0.305 e. The summed E-state index contributed by atoms with van der Waals surface area (Å²) in [6, 6.07) is 8.39. The van der Waals surface area contributed by atoms with Crippen molar-refractivity contribution in [3.63, 3.8) is 0 Å². The van der Waals surface area contributed by atoms with Crippen LogP contribution in [0.1, 0.15) is 12.0 Å². The van der Waals surface area contributed by atoms with Gasteiger partial charge in [-0.25, -0.2) is 0 Å². The van der Waals surface area contributed by atoms with E-state index < -0.39 is 0 Å². The maximum absolute atomic E-state index is 11.1. The Balaban J connectivity index is 1.54. The van der Waals surface area contributed by atoms with Gasteiger partial charge in [0.2, 0.25) is 0 Å². The molecule has 2 aliphatic heterocycles. The van der Waals surface area contributed by atoms with Crippen LogP contribution in [0.3, 0.4) is 0 Å². The first-order valence-corrected chi connectivity index (χ1v) is 8.23. The Bertz CT molecular complexity index is 460. The zero-order valence-corrected chi connectivity index (χ0v) is 12.6. The van der Waals surface area contributed by atoms with Crippen molar-refractivity contribution in [2.24, 2.45) is 0 Å². The summed E-state index contributed by atoms with van der Waals surface area (Å²) >= 11 is 0. The Morgan fingerprint density at radius 1 is 1.20 bits per heavy atom. The molecule has 0 radical (unpaired) electrons. The van der Waals surface area contributed by atoms with Gasteiger partial charge in [-0.15, -0.1) is 0 Å². The average Bonchev–Trinajstić information content (AvgIpc) is 3.36. The minimum atomic E-state index is -0.321. The van der Waals surface area contributed by atoms with Crippen LogP contribution in [0.5, 0.6) is 0 Å². The van der Waals surface area contributed by atoms with Crippen LogP contribution < -0.4 is 5.09 Å². The van der Waals surface area contributed by atoms with Gasteiger partial charge in [-0.05, 0) is 24.1 Å². The maximum atomic E-state index is 11.1. The van der Waals surface area contributed by atoms with Crippen molar-refractivity contribution < 1.29 is 9.53 Å². The fraction of sp³-hybridized carbons (Fsp3) is 0.500. The van der Waals surface area contributed by atoms with Crippen molar-refractivity contribution in [1.82, 2.24) is 9.34 Å². The number of rotatable bonds is 7. The molecule has 0 saturated carbocycles. The first-order chi connectivity index (χ1) is 9.76. The van der Waals surface area contributed by atoms with Gasteiger partial charge in [-0.2, -0.15) is 0 Å². The lowest BCUT2D eigenvalue weighted by Crippen LogP contribution is -2.07. The third-order valence-corrected chi connectivity index (χ3v) is 5.74. The number of ether oxygens (including phenoxy) is 1. The molecule has 0 bridgehead atoms. The molecule has 0 aromatic heterocycles. The summed E-state index contributed by atoms with van der Waals surface area (Å²) in [7, 11) is 1.11. The van der Waals surface area contributed by atoms with E-state index >= 15 is 0 Å². The molecule has 0 atom stereocenters. The Morgan fingerprint density at radius 2 is 1.80 bits per heavy atom. The van der Waals surface area contributed by atoms with E-state index in [0.29, 0.717) is 6.42 Å². The highest BCUT2D eigenvalue weighted by Crippen LogP contribution is 2.51. The monoisotopic (exact) mass is 293 g/mol. The minimum absolute atomic E-state index is 0.154. The van der Waals surface area contributed by atoms with E-state index in [2.05, 4.69) is 43.4 Å². The van der Waals surface area contributed by atoms with Crippen LogP contribution in [0.2, 0.25) is 0 Å². The summed E-state index contributed by atoms with van der Waals surface area (Å²) in [5.74, 6) is -0.154. The molecule has 6 heteroatoms. The second-order valence-electron chi connectivity index (χ2n) is 5.08. The van der Waals surface area contributed by atoms with Crippen LogP contribution in [0, 0.1) is 0 Å². The van der Waals surface area contributed by atoms with Gasteiger partial charge in [0, 0.05) is 38.3 Å². The Kier molecular flexibility index (Phi) is 4.20. The van der Waals surface area contributed by atoms with E-state index in [-0.39, 0.29) is 14.3 Å².